The highest BCUT2D eigenvalue weighted by atomic mass is 28.3. The van der Waals surface area contributed by atoms with Crippen LogP contribution in [0.25, 0.3) is 11.1 Å². The van der Waals surface area contributed by atoms with Crippen LogP contribution in [0.1, 0.15) is 101 Å². The van der Waals surface area contributed by atoms with Crippen molar-refractivity contribution >= 4 is 8.80 Å². The zero-order valence-corrected chi connectivity index (χ0v) is 23.1. The van der Waals surface area contributed by atoms with Gasteiger partial charge in [-0.25, -0.2) is 0 Å². The van der Waals surface area contributed by atoms with Gasteiger partial charge in [-0.1, -0.05) is 99.3 Å². The number of methoxy groups -OCH3 is 1. The molecule has 1 saturated heterocycles. The van der Waals surface area contributed by atoms with Gasteiger partial charge >= 0.3 is 0 Å². The van der Waals surface area contributed by atoms with Gasteiger partial charge in [-0.3, -0.25) is 0 Å². The van der Waals surface area contributed by atoms with Gasteiger partial charge in [0.25, 0.3) is 0 Å². The van der Waals surface area contributed by atoms with E-state index in [1.807, 2.05) is 7.11 Å². The summed E-state index contributed by atoms with van der Waals surface area (Å²) in [6.45, 7) is 3.27. The first-order chi connectivity index (χ1) is 16.8. The minimum absolute atomic E-state index is 0.464. The molecular formula is C32H48OSi. The largest absolute Gasteiger partial charge is 0.385 e. The summed E-state index contributed by atoms with van der Waals surface area (Å²) in [6, 6.07) is 23.8. The van der Waals surface area contributed by atoms with Crippen LogP contribution in [0, 0.1) is 5.92 Å². The molecule has 0 unspecified atom stereocenters. The van der Waals surface area contributed by atoms with E-state index in [0.29, 0.717) is 0 Å². The number of ether oxygens (including phenoxy) is 1. The van der Waals surface area contributed by atoms with Crippen molar-refractivity contribution in [3.05, 3.63) is 59.7 Å². The Morgan fingerprint density at radius 1 is 0.706 bits per heavy atom. The first-order valence-corrected chi connectivity index (χ1v) is 16.9. The van der Waals surface area contributed by atoms with Gasteiger partial charge in [-0.05, 0) is 85.0 Å². The average Bonchev–Trinajstić information content (AvgIpc) is 2.90. The Hall–Kier alpha value is -1.38. The van der Waals surface area contributed by atoms with E-state index in [4.69, 9.17) is 4.74 Å². The van der Waals surface area contributed by atoms with Crippen LogP contribution in [-0.2, 0) is 4.74 Å². The maximum absolute atomic E-state index is 5.19. The summed E-state index contributed by atoms with van der Waals surface area (Å²) in [5.41, 5.74) is 5.90. The Kier molecular flexibility index (Phi) is 10.3. The van der Waals surface area contributed by atoms with Gasteiger partial charge in [0.2, 0.25) is 0 Å². The third-order valence-electron chi connectivity index (χ3n) is 8.95. The molecule has 1 nitrogen and oxygen atoms in total. The average molecular weight is 477 g/mol. The molecule has 1 aliphatic carbocycles. The number of benzene rings is 2. The van der Waals surface area contributed by atoms with E-state index in [9.17, 15) is 0 Å². The summed E-state index contributed by atoms with van der Waals surface area (Å²) in [7, 11) is 1.35. The van der Waals surface area contributed by atoms with Gasteiger partial charge < -0.3 is 4.74 Å². The van der Waals surface area contributed by atoms with Crippen LogP contribution >= 0.6 is 0 Å². The smallest absolute Gasteiger partial charge is 0.0462 e. The predicted octanol–water partition coefficient (Wildman–Crippen LogP) is 9.35. The van der Waals surface area contributed by atoms with Gasteiger partial charge in [-0.15, -0.1) is 0 Å². The molecule has 0 aromatic heterocycles. The highest BCUT2D eigenvalue weighted by molar-refractivity contribution is 6.59. The third-order valence-corrected chi connectivity index (χ3v) is 12.5. The van der Waals surface area contributed by atoms with Crippen molar-refractivity contribution in [2.45, 2.75) is 108 Å². The fraction of sp³-hybridized carbons (Fsp3) is 0.625. The summed E-state index contributed by atoms with van der Waals surface area (Å²) in [5.74, 6) is 2.58. The van der Waals surface area contributed by atoms with Crippen molar-refractivity contribution < 1.29 is 4.74 Å². The lowest BCUT2D eigenvalue weighted by molar-refractivity contribution is 0.192. The van der Waals surface area contributed by atoms with E-state index >= 15 is 0 Å². The molecule has 34 heavy (non-hydrogen) atoms. The van der Waals surface area contributed by atoms with Crippen LogP contribution in [0.5, 0.6) is 0 Å². The van der Waals surface area contributed by atoms with E-state index in [1.165, 1.54) is 81.8 Å². The molecular weight excluding hydrogens is 428 g/mol. The molecule has 2 fully saturated rings. The van der Waals surface area contributed by atoms with Crippen molar-refractivity contribution in [3.63, 3.8) is 0 Å². The standard InChI is InChI=1S/C32H48OSi/c1-3-7-26-8-10-27(11-9-26)28-12-14-29(15-13-28)30-16-18-31(19-17-30)32-20-24-34(25-21-32)23-6-4-5-22-33-2/h12-19,26-27,32,34H,3-11,20-25H2,1-2H3. The van der Waals surface area contributed by atoms with Gasteiger partial charge in [0, 0.05) is 22.5 Å². The van der Waals surface area contributed by atoms with E-state index in [1.54, 1.807) is 29.3 Å². The topological polar surface area (TPSA) is 9.23 Å². The van der Waals surface area contributed by atoms with Crippen LogP contribution < -0.4 is 0 Å². The first kappa shape index (κ1) is 25.7. The molecule has 0 bridgehead atoms. The molecule has 2 aliphatic rings. The molecule has 2 heteroatoms. The van der Waals surface area contributed by atoms with Crippen molar-refractivity contribution in [2.24, 2.45) is 5.92 Å². The van der Waals surface area contributed by atoms with E-state index in [-0.39, 0.29) is 0 Å². The summed E-state index contributed by atoms with van der Waals surface area (Å²) in [4.78, 5) is 0. The zero-order valence-electron chi connectivity index (χ0n) is 21.9. The van der Waals surface area contributed by atoms with Crippen molar-refractivity contribution in [3.8, 4) is 11.1 Å². The normalized spacial score (nSPS) is 25.4. The minimum atomic E-state index is -0.464. The molecule has 1 saturated carbocycles. The lowest BCUT2D eigenvalue weighted by Crippen LogP contribution is -2.20. The van der Waals surface area contributed by atoms with E-state index < -0.39 is 8.80 Å². The van der Waals surface area contributed by atoms with E-state index in [0.717, 1.165) is 24.4 Å². The highest BCUT2D eigenvalue weighted by Crippen LogP contribution is 2.39. The monoisotopic (exact) mass is 476 g/mol. The molecule has 186 valence electrons. The van der Waals surface area contributed by atoms with Crippen LogP contribution in [0.2, 0.25) is 18.1 Å². The molecule has 0 amide bonds. The quantitative estimate of drug-likeness (QED) is 0.232. The van der Waals surface area contributed by atoms with Gasteiger partial charge in [-0.2, -0.15) is 0 Å². The SMILES string of the molecule is CCCC1CCC(c2ccc(-c3ccc(C4CC[SiH](CCCCCOC)CC4)cc3)cc2)CC1. The molecule has 2 aromatic carbocycles. The lowest BCUT2D eigenvalue weighted by Gasteiger charge is -2.28. The molecule has 1 aliphatic heterocycles. The second kappa shape index (κ2) is 13.6. The van der Waals surface area contributed by atoms with E-state index in [2.05, 4.69) is 55.5 Å². The summed E-state index contributed by atoms with van der Waals surface area (Å²) in [6.07, 6.45) is 15.3. The second-order valence-electron chi connectivity index (χ2n) is 11.3. The number of rotatable bonds is 11. The predicted molar refractivity (Wildman–Crippen MR) is 151 cm³/mol. The van der Waals surface area contributed by atoms with Gasteiger partial charge in [0.05, 0.1) is 0 Å². The number of hydrogen-bond donors (Lipinski definition) is 0. The Morgan fingerprint density at radius 2 is 1.26 bits per heavy atom. The second-order valence-corrected chi connectivity index (χ2v) is 14.8. The van der Waals surface area contributed by atoms with Crippen molar-refractivity contribution in [2.75, 3.05) is 13.7 Å². The van der Waals surface area contributed by atoms with Crippen LogP contribution in [0.4, 0.5) is 0 Å². The maximum Gasteiger partial charge on any atom is 0.0462 e. The van der Waals surface area contributed by atoms with Crippen molar-refractivity contribution in [1.82, 2.24) is 0 Å². The van der Waals surface area contributed by atoms with Crippen molar-refractivity contribution in [1.29, 1.82) is 0 Å². The fourth-order valence-electron chi connectivity index (χ4n) is 6.73. The first-order valence-electron chi connectivity index (χ1n) is 14.5. The number of hydrogen-bond acceptors (Lipinski definition) is 1. The van der Waals surface area contributed by atoms with Crippen LogP contribution in [-0.4, -0.2) is 22.5 Å². The molecule has 1 heterocycles. The maximum atomic E-state index is 5.19. The Labute approximate surface area is 211 Å². The zero-order chi connectivity index (χ0) is 23.6. The summed E-state index contributed by atoms with van der Waals surface area (Å²) < 4.78 is 5.19. The summed E-state index contributed by atoms with van der Waals surface area (Å²) >= 11 is 0. The Bertz CT molecular complexity index is 811. The Morgan fingerprint density at radius 3 is 1.79 bits per heavy atom. The van der Waals surface area contributed by atoms with Crippen LogP contribution in [0.15, 0.2) is 48.5 Å². The summed E-state index contributed by atoms with van der Waals surface area (Å²) in [5, 5.41) is 0. The highest BCUT2D eigenvalue weighted by Gasteiger charge is 2.23. The molecule has 4 rings (SSSR count). The Balaban J connectivity index is 1.24. The lowest BCUT2D eigenvalue weighted by atomic mass is 9.77. The molecule has 0 spiro atoms. The van der Waals surface area contributed by atoms with Gasteiger partial charge in [0.1, 0.15) is 0 Å². The molecule has 0 radical (unpaired) electrons. The molecule has 0 atom stereocenters. The van der Waals surface area contributed by atoms with Crippen LogP contribution in [0.3, 0.4) is 0 Å². The third kappa shape index (κ3) is 7.31. The van der Waals surface area contributed by atoms with Gasteiger partial charge in [0.15, 0.2) is 0 Å². The number of unbranched alkanes of at least 4 members (excludes halogenated alkanes) is 2. The minimum Gasteiger partial charge on any atom is -0.385 e. The molecule has 0 N–H and O–H groups in total. The molecule has 2 aromatic rings. The fourth-order valence-corrected chi connectivity index (χ4v) is 10.2.